The van der Waals surface area contributed by atoms with Crippen molar-refractivity contribution in [1.82, 2.24) is 15.3 Å². The Morgan fingerprint density at radius 3 is 2.48 bits per heavy atom. The second-order valence-electron chi connectivity index (χ2n) is 5.96. The summed E-state index contributed by atoms with van der Waals surface area (Å²) in [5, 5.41) is 2.83. The number of nitrogens with zero attached hydrogens (tertiary/aromatic N) is 1. The maximum absolute atomic E-state index is 13.5. The average Bonchev–Trinajstić information content (AvgIpc) is 2.68. The second kappa shape index (κ2) is 8.26. The van der Waals surface area contributed by atoms with Crippen LogP contribution in [-0.2, 0) is 6.18 Å². The lowest BCUT2D eigenvalue weighted by atomic mass is 9.98. The Hall–Kier alpha value is -2.84. The van der Waals surface area contributed by atoms with Crippen LogP contribution in [0.3, 0.4) is 0 Å². The number of alkyl halides is 3. The normalized spacial score (nSPS) is 12.4. The van der Waals surface area contributed by atoms with Gasteiger partial charge in [-0.3, -0.25) is 14.6 Å². The van der Waals surface area contributed by atoms with Crippen molar-refractivity contribution in [3.63, 3.8) is 0 Å². The molecule has 2 heterocycles. The summed E-state index contributed by atoms with van der Waals surface area (Å²) in [6.07, 6.45) is -2.34. The standard InChI is InChI=1S/C19H12Cl2F3N3O2/c20-13-5-3-10(8-14(13)21)16(17-12(19(22,23)24)2-1-7-25-17)27-18(29)11-4-6-15(28)26-9-11/h1-9,16H,(H,26,28)(H,27,29)/t16-/m0/s1. The fraction of sp³-hybridized carbons (Fsp3) is 0.105. The zero-order valence-corrected chi connectivity index (χ0v) is 15.9. The molecular weight excluding hydrogens is 430 g/mol. The van der Waals surface area contributed by atoms with E-state index in [1.807, 2.05) is 0 Å². The van der Waals surface area contributed by atoms with E-state index in [9.17, 15) is 22.8 Å². The van der Waals surface area contributed by atoms with Gasteiger partial charge in [0, 0.05) is 18.5 Å². The molecule has 10 heteroatoms. The lowest BCUT2D eigenvalue weighted by Crippen LogP contribution is -2.32. The van der Waals surface area contributed by atoms with Gasteiger partial charge in [-0.05, 0) is 35.9 Å². The Balaban J connectivity index is 2.10. The molecule has 5 nitrogen and oxygen atoms in total. The Morgan fingerprint density at radius 1 is 1.10 bits per heavy atom. The largest absolute Gasteiger partial charge is 0.418 e. The van der Waals surface area contributed by atoms with Gasteiger partial charge in [0.25, 0.3) is 5.91 Å². The van der Waals surface area contributed by atoms with E-state index >= 15 is 0 Å². The fourth-order valence-corrected chi connectivity index (χ4v) is 2.96. The number of aromatic nitrogens is 2. The molecule has 150 valence electrons. The summed E-state index contributed by atoms with van der Waals surface area (Å²) in [4.78, 5) is 30.0. The van der Waals surface area contributed by atoms with Gasteiger partial charge in [0.1, 0.15) is 0 Å². The Bertz CT molecular complexity index is 1100. The van der Waals surface area contributed by atoms with Crippen LogP contribution < -0.4 is 10.9 Å². The molecule has 0 aliphatic rings. The van der Waals surface area contributed by atoms with Crippen molar-refractivity contribution in [3.05, 3.63) is 97.6 Å². The molecule has 0 saturated heterocycles. The van der Waals surface area contributed by atoms with Crippen LogP contribution in [0, 0.1) is 0 Å². The molecule has 3 rings (SSSR count). The van der Waals surface area contributed by atoms with Crippen LogP contribution in [0.2, 0.25) is 10.0 Å². The number of benzene rings is 1. The minimum Gasteiger partial charge on any atom is -0.339 e. The third kappa shape index (κ3) is 4.78. The number of pyridine rings is 2. The molecule has 3 aromatic rings. The van der Waals surface area contributed by atoms with Gasteiger partial charge in [-0.25, -0.2) is 0 Å². The first-order chi connectivity index (χ1) is 13.7. The number of H-pyrrole nitrogens is 1. The SMILES string of the molecule is O=C(N[C@@H](c1ccc(Cl)c(Cl)c1)c1ncccc1C(F)(F)F)c1ccc(=O)[nH]c1. The molecule has 0 aliphatic carbocycles. The van der Waals surface area contributed by atoms with Gasteiger partial charge in [0.2, 0.25) is 5.56 Å². The molecule has 0 unspecified atom stereocenters. The van der Waals surface area contributed by atoms with E-state index < -0.39 is 34.9 Å². The van der Waals surface area contributed by atoms with Crippen LogP contribution >= 0.6 is 23.2 Å². The maximum Gasteiger partial charge on any atom is 0.418 e. The number of hydrogen-bond acceptors (Lipinski definition) is 3. The van der Waals surface area contributed by atoms with E-state index in [-0.39, 0.29) is 21.2 Å². The third-order valence-corrected chi connectivity index (χ3v) is 4.76. The highest BCUT2D eigenvalue weighted by molar-refractivity contribution is 6.42. The van der Waals surface area contributed by atoms with Gasteiger partial charge >= 0.3 is 6.18 Å². The van der Waals surface area contributed by atoms with Crippen LogP contribution in [0.25, 0.3) is 0 Å². The molecule has 0 bridgehead atoms. The van der Waals surface area contributed by atoms with Crippen molar-refractivity contribution in [1.29, 1.82) is 0 Å². The van der Waals surface area contributed by atoms with Gasteiger partial charge in [-0.15, -0.1) is 0 Å². The van der Waals surface area contributed by atoms with Crippen molar-refractivity contribution in [2.45, 2.75) is 12.2 Å². The number of carbonyl (C=O) groups is 1. The summed E-state index contributed by atoms with van der Waals surface area (Å²) in [5.74, 6) is -0.712. The molecule has 1 aromatic carbocycles. The molecule has 0 fully saturated rings. The molecule has 0 saturated carbocycles. The summed E-state index contributed by atoms with van der Waals surface area (Å²) in [6, 6.07) is 7.35. The minimum atomic E-state index is -4.69. The number of rotatable bonds is 4. The lowest BCUT2D eigenvalue weighted by Gasteiger charge is -2.22. The summed E-state index contributed by atoms with van der Waals surface area (Å²) < 4.78 is 40.6. The Kier molecular flexibility index (Phi) is 5.95. The Labute approximate surface area is 172 Å². The quantitative estimate of drug-likeness (QED) is 0.620. The van der Waals surface area contributed by atoms with Crippen LogP contribution in [0.5, 0.6) is 0 Å². The summed E-state index contributed by atoms with van der Waals surface area (Å²) in [5.41, 5.74) is -1.53. The van der Waals surface area contributed by atoms with Gasteiger partial charge in [-0.1, -0.05) is 29.3 Å². The summed E-state index contributed by atoms with van der Waals surface area (Å²) >= 11 is 11.9. The van der Waals surface area contributed by atoms with Crippen LogP contribution in [0.4, 0.5) is 13.2 Å². The van der Waals surface area contributed by atoms with Crippen molar-refractivity contribution in [2.75, 3.05) is 0 Å². The zero-order valence-electron chi connectivity index (χ0n) is 14.4. The van der Waals surface area contributed by atoms with E-state index in [2.05, 4.69) is 15.3 Å². The fourth-order valence-electron chi connectivity index (χ4n) is 2.65. The molecule has 0 spiro atoms. The van der Waals surface area contributed by atoms with Crippen molar-refractivity contribution in [3.8, 4) is 0 Å². The second-order valence-corrected chi connectivity index (χ2v) is 6.77. The highest BCUT2D eigenvalue weighted by Crippen LogP contribution is 2.36. The van der Waals surface area contributed by atoms with Gasteiger partial charge in [0.05, 0.1) is 32.9 Å². The van der Waals surface area contributed by atoms with Crippen molar-refractivity contribution < 1.29 is 18.0 Å². The number of aromatic amines is 1. The smallest absolute Gasteiger partial charge is 0.339 e. The molecular formula is C19H12Cl2F3N3O2. The number of nitrogens with one attached hydrogen (secondary N) is 2. The van der Waals surface area contributed by atoms with Crippen LogP contribution in [-0.4, -0.2) is 15.9 Å². The molecule has 2 N–H and O–H groups in total. The van der Waals surface area contributed by atoms with E-state index in [4.69, 9.17) is 23.2 Å². The topological polar surface area (TPSA) is 74.8 Å². The molecule has 1 amide bonds. The Morgan fingerprint density at radius 2 is 1.86 bits per heavy atom. The molecule has 0 radical (unpaired) electrons. The maximum atomic E-state index is 13.5. The van der Waals surface area contributed by atoms with Crippen molar-refractivity contribution in [2.24, 2.45) is 0 Å². The monoisotopic (exact) mass is 441 g/mol. The number of hydrogen-bond donors (Lipinski definition) is 2. The highest BCUT2D eigenvalue weighted by atomic mass is 35.5. The first kappa shape index (κ1) is 20.9. The van der Waals surface area contributed by atoms with Crippen LogP contribution in [0.15, 0.2) is 59.7 Å². The lowest BCUT2D eigenvalue weighted by molar-refractivity contribution is -0.138. The summed E-state index contributed by atoms with van der Waals surface area (Å²) in [6.45, 7) is 0. The van der Waals surface area contributed by atoms with E-state index in [0.717, 1.165) is 24.4 Å². The first-order valence-electron chi connectivity index (χ1n) is 8.13. The molecule has 1 atom stereocenters. The predicted octanol–water partition coefficient (Wildman–Crippen LogP) is 4.61. The highest BCUT2D eigenvalue weighted by Gasteiger charge is 2.37. The van der Waals surface area contributed by atoms with E-state index in [1.54, 1.807) is 0 Å². The zero-order chi connectivity index (χ0) is 21.2. The predicted molar refractivity (Wildman–Crippen MR) is 102 cm³/mol. The molecule has 2 aromatic heterocycles. The number of halogens is 5. The molecule has 0 aliphatic heterocycles. The van der Waals surface area contributed by atoms with Gasteiger partial charge < -0.3 is 10.3 Å². The molecule has 29 heavy (non-hydrogen) atoms. The van der Waals surface area contributed by atoms with Gasteiger partial charge in [-0.2, -0.15) is 13.2 Å². The summed E-state index contributed by atoms with van der Waals surface area (Å²) in [7, 11) is 0. The number of amides is 1. The number of carbonyl (C=O) groups excluding carboxylic acids is 1. The van der Waals surface area contributed by atoms with E-state index in [1.165, 1.54) is 30.5 Å². The van der Waals surface area contributed by atoms with Crippen LogP contribution in [0.1, 0.15) is 33.2 Å². The minimum absolute atomic E-state index is 0.0548. The average molecular weight is 442 g/mol. The van der Waals surface area contributed by atoms with Crippen molar-refractivity contribution >= 4 is 29.1 Å². The first-order valence-corrected chi connectivity index (χ1v) is 8.89. The third-order valence-electron chi connectivity index (χ3n) is 4.02. The van der Waals surface area contributed by atoms with Gasteiger partial charge in [0.15, 0.2) is 0 Å². The van der Waals surface area contributed by atoms with E-state index in [0.29, 0.717) is 0 Å².